The maximum absolute atomic E-state index is 12.2. The number of piperidine rings is 1. The lowest BCUT2D eigenvalue weighted by molar-refractivity contribution is 0.0946. The van der Waals surface area contributed by atoms with Crippen molar-refractivity contribution in [3.8, 4) is 0 Å². The second-order valence-electron chi connectivity index (χ2n) is 7.13. The molecule has 1 aliphatic heterocycles. The van der Waals surface area contributed by atoms with Crippen LogP contribution in [0.25, 0.3) is 0 Å². The van der Waals surface area contributed by atoms with Crippen LogP contribution < -0.4 is 5.32 Å². The van der Waals surface area contributed by atoms with E-state index in [1.807, 2.05) is 32.0 Å². The first-order valence-corrected chi connectivity index (χ1v) is 8.53. The predicted molar refractivity (Wildman–Crippen MR) is 92.3 cm³/mol. The number of hydrogen-bond donors (Lipinski definition) is 1. The van der Waals surface area contributed by atoms with Gasteiger partial charge in [0.2, 0.25) is 0 Å². The molecule has 1 aromatic rings. The van der Waals surface area contributed by atoms with E-state index in [4.69, 9.17) is 0 Å². The first kappa shape index (κ1) is 17.0. The molecule has 1 saturated heterocycles. The molecule has 0 unspecified atom stereocenters. The van der Waals surface area contributed by atoms with Crippen LogP contribution in [0.2, 0.25) is 0 Å². The molecule has 0 radical (unpaired) electrons. The molecular formula is C19H30N2O. The standard InChI is InChI=1S/C19H30N2O/c1-14-6-7-17(4)18(11-14)19(22)20-8-5-9-21-12-15(2)10-16(3)13-21/h6-7,11,15-16H,5,8-10,12-13H2,1-4H3,(H,20,22)/t15-,16+. The van der Waals surface area contributed by atoms with Crippen molar-refractivity contribution in [1.29, 1.82) is 0 Å². The molecule has 3 heteroatoms. The zero-order chi connectivity index (χ0) is 16.1. The summed E-state index contributed by atoms with van der Waals surface area (Å²) in [5.41, 5.74) is 2.98. The minimum atomic E-state index is 0.0570. The highest BCUT2D eigenvalue weighted by Crippen LogP contribution is 2.20. The van der Waals surface area contributed by atoms with Gasteiger partial charge in [0.15, 0.2) is 0 Å². The van der Waals surface area contributed by atoms with Gasteiger partial charge in [-0.25, -0.2) is 0 Å². The Morgan fingerprint density at radius 2 is 1.91 bits per heavy atom. The Morgan fingerprint density at radius 1 is 1.23 bits per heavy atom. The lowest BCUT2D eigenvalue weighted by atomic mass is 9.92. The van der Waals surface area contributed by atoms with E-state index in [0.717, 1.165) is 48.0 Å². The normalized spacial score (nSPS) is 22.5. The quantitative estimate of drug-likeness (QED) is 0.846. The highest BCUT2D eigenvalue weighted by Gasteiger charge is 2.21. The fourth-order valence-electron chi connectivity index (χ4n) is 3.55. The number of amides is 1. The maximum Gasteiger partial charge on any atom is 0.251 e. The van der Waals surface area contributed by atoms with Crippen LogP contribution in [-0.2, 0) is 0 Å². The summed E-state index contributed by atoms with van der Waals surface area (Å²) in [7, 11) is 0. The van der Waals surface area contributed by atoms with Gasteiger partial charge in [-0.05, 0) is 56.7 Å². The van der Waals surface area contributed by atoms with Crippen molar-refractivity contribution >= 4 is 5.91 Å². The number of carbonyl (C=O) groups excluding carboxylic acids is 1. The van der Waals surface area contributed by atoms with Gasteiger partial charge in [0, 0.05) is 25.2 Å². The summed E-state index contributed by atoms with van der Waals surface area (Å²) < 4.78 is 0. The van der Waals surface area contributed by atoms with Crippen molar-refractivity contribution in [3.63, 3.8) is 0 Å². The van der Waals surface area contributed by atoms with Crippen LogP contribution in [0.5, 0.6) is 0 Å². The van der Waals surface area contributed by atoms with Gasteiger partial charge in [0.05, 0.1) is 0 Å². The predicted octanol–water partition coefficient (Wildman–Crippen LogP) is 3.40. The highest BCUT2D eigenvalue weighted by atomic mass is 16.1. The second kappa shape index (κ2) is 7.77. The van der Waals surface area contributed by atoms with E-state index < -0.39 is 0 Å². The summed E-state index contributed by atoms with van der Waals surface area (Å²) in [5.74, 6) is 1.66. The van der Waals surface area contributed by atoms with E-state index >= 15 is 0 Å². The van der Waals surface area contributed by atoms with Crippen LogP contribution in [0.3, 0.4) is 0 Å². The van der Waals surface area contributed by atoms with Crippen molar-refractivity contribution in [2.45, 2.75) is 40.5 Å². The zero-order valence-electron chi connectivity index (χ0n) is 14.5. The summed E-state index contributed by atoms with van der Waals surface area (Å²) in [5, 5.41) is 3.06. The van der Waals surface area contributed by atoms with Crippen molar-refractivity contribution in [2.75, 3.05) is 26.2 Å². The number of aryl methyl sites for hydroxylation is 2. The Labute approximate surface area is 135 Å². The summed E-state index contributed by atoms with van der Waals surface area (Å²) in [6.07, 6.45) is 2.37. The summed E-state index contributed by atoms with van der Waals surface area (Å²) in [6.45, 7) is 12.9. The third kappa shape index (κ3) is 4.84. The van der Waals surface area contributed by atoms with E-state index in [1.54, 1.807) is 0 Å². The minimum Gasteiger partial charge on any atom is -0.352 e. The molecule has 1 fully saturated rings. The van der Waals surface area contributed by atoms with Gasteiger partial charge in [-0.15, -0.1) is 0 Å². The van der Waals surface area contributed by atoms with Crippen molar-refractivity contribution < 1.29 is 4.79 Å². The number of likely N-dealkylation sites (tertiary alicyclic amines) is 1. The van der Waals surface area contributed by atoms with E-state index in [0.29, 0.717) is 0 Å². The summed E-state index contributed by atoms with van der Waals surface area (Å²) in [6, 6.07) is 6.03. The van der Waals surface area contributed by atoms with Gasteiger partial charge in [-0.3, -0.25) is 4.79 Å². The molecule has 1 heterocycles. The fourth-order valence-corrected chi connectivity index (χ4v) is 3.55. The third-order valence-corrected chi connectivity index (χ3v) is 4.52. The van der Waals surface area contributed by atoms with Gasteiger partial charge in [0.25, 0.3) is 5.91 Å². The van der Waals surface area contributed by atoms with Crippen LogP contribution in [0.1, 0.15) is 48.2 Å². The molecule has 3 nitrogen and oxygen atoms in total. The van der Waals surface area contributed by atoms with E-state index in [2.05, 4.69) is 24.1 Å². The molecule has 1 aromatic carbocycles. The van der Waals surface area contributed by atoms with Crippen LogP contribution in [0.15, 0.2) is 18.2 Å². The Morgan fingerprint density at radius 3 is 2.59 bits per heavy atom. The average molecular weight is 302 g/mol. The van der Waals surface area contributed by atoms with Crippen LogP contribution in [0.4, 0.5) is 0 Å². The van der Waals surface area contributed by atoms with Crippen LogP contribution in [-0.4, -0.2) is 37.0 Å². The number of rotatable bonds is 5. The van der Waals surface area contributed by atoms with Crippen molar-refractivity contribution in [1.82, 2.24) is 10.2 Å². The molecule has 2 atom stereocenters. The van der Waals surface area contributed by atoms with Crippen LogP contribution >= 0.6 is 0 Å². The molecule has 2 rings (SSSR count). The molecule has 22 heavy (non-hydrogen) atoms. The van der Waals surface area contributed by atoms with Gasteiger partial charge in [0.1, 0.15) is 0 Å². The molecule has 1 amide bonds. The van der Waals surface area contributed by atoms with Gasteiger partial charge >= 0.3 is 0 Å². The Balaban J connectivity index is 1.74. The SMILES string of the molecule is Cc1ccc(C)c(C(=O)NCCCN2C[C@H](C)C[C@H](C)C2)c1. The number of benzene rings is 1. The molecule has 0 bridgehead atoms. The smallest absolute Gasteiger partial charge is 0.251 e. The van der Waals surface area contributed by atoms with Gasteiger partial charge in [-0.2, -0.15) is 0 Å². The molecule has 0 aliphatic carbocycles. The minimum absolute atomic E-state index is 0.0570. The Kier molecular flexibility index (Phi) is 6.01. The Bertz CT molecular complexity index is 502. The number of nitrogens with one attached hydrogen (secondary N) is 1. The van der Waals surface area contributed by atoms with Crippen molar-refractivity contribution in [2.24, 2.45) is 11.8 Å². The van der Waals surface area contributed by atoms with Gasteiger partial charge < -0.3 is 10.2 Å². The molecule has 122 valence electrons. The highest BCUT2D eigenvalue weighted by molar-refractivity contribution is 5.95. The molecule has 1 N–H and O–H groups in total. The first-order valence-electron chi connectivity index (χ1n) is 8.53. The van der Waals surface area contributed by atoms with Gasteiger partial charge in [-0.1, -0.05) is 31.5 Å². The maximum atomic E-state index is 12.2. The Hall–Kier alpha value is -1.35. The fraction of sp³-hybridized carbons (Fsp3) is 0.632. The molecule has 0 spiro atoms. The van der Waals surface area contributed by atoms with E-state index in [-0.39, 0.29) is 5.91 Å². The largest absolute Gasteiger partial charge is 0.352 e. The number of carbonyl (C=O) groups is 1. The molecule has 0 saturated carbocycles. The third-order valence-electron chi connectivity index (χ3n) is 4.52. The number of hydrogen-bond acceptors (Lipinski definition) is 2. The van der Waals surface area contributed by atoms with Crippen LogP contribution in [0, 0.1) is 25.7 Å². The molecular weight excluding hydrogens is 272 g/mol. The van der Waals surface area contributed by atoms with Crippen molar-refractivity contribution in [3.05, 3.63) is 34.9 Å². The van der Waals surface area contributed by atoms with E-state index in [1.165, 1.54) is 19.5 Å². The zero-order valence-corrected chi connectivity index (χ0v) is 14.5. The monoisotopic (exact) mass is 302 g/mol. The lowest BCUT2D eigenvalue weighted by Crippen LogP contribution is -2.40. The molecule has 0 aromatic heterocycles. The lowest BCUT2D eigenvalue weighted by Gasteiger charge is -2.34. The summed E-state index contributed by atoms with van der Waals surface area (Å²) >= 11 is 0. The first-order chi connectivity index (χ1) is 10.5. The topological polar surface area (TPSA) is 32.3 Å². The summed E-state index contributed by atoms with van der Waals surface area (Å²) in [4.78, 5) is 14.8. The average Bonchev–Trinajstić information content (AvgIpc) is 2.45. The number of nitrogens with zero attached hydrogens (tertiary/aromatic N) is 1. The van der Waals surface area contributed by atoms with E-state index in [9.17, 15) is 4.79 Å². The molecule has 1 aliphatic rings. The second-order valence-corrected chi connectivity index (χ2v) is 7.13.